The molecular weight excluding hydrogens is 450 g/mol. The molecule has 0 radical (unpaired) electrons. The number of thiophene rings is 1. The van der Waals surface area contributed by atoms with Crippen molar-refractivity contribution < 1.29 is 17.7 Å². The summed E-state index contributed by atoms with van der Waals surface area (Å²) >= 11 is 6.95. The molecule has 0 saturated carbocycles. The van der Waals surface area contributed by atoms with Crippen LogP contribution in [0.4, 0.5) is 0 Å². The van der Waals surface area contributed by atoms with Gasteiger partial charge in [0.2, 0.25) is 11.8 Å². The van der Waals surface area contributed by atoms with Gasteiger partial charge in [-0.05, 0) is 25.0 Å². The third-order valence-corrected chi connectivity index (χ3v) is 8.96. The van der Waals surface area contributed by atoms with Crippen LogP contribution in [-0.2, 0) is 27.8 Å². The molecule has 4 heterocycles. The lowest BCUT2D eigenvalue weighted by Crippen LogP contribution is -2.48. The minimum absolute atomic E-state index is 0.136. The van der Waals surface area contributed by atoms with Gasteiger partial charge in [0.1, 0.15) is 4.21 Å². The molecule has 0 aliphatic carbocycles. The molecule has 2 fully saturated rings. The molecule has 164 valence electrons. The first-order valence-corrected chi connectivity index (χ1v) is 12.6. The lowest BCUT2D eigenvalue weighted by atomic mass is 10.3. The molecule has 2 aliphatic rings. The van der Waals surface area contributed by atoms with Gasteiger partial charge in [0.25, 0.3) is 10.0 Å². The summed E-state index contributed by atoms with van der Waals surface area (Å²) in [5.41, 5.74) is 0. The summed E-state index contributed by atoms with van der Waals surface area (Å²) in [5.74, 6) is 1.16. The molecule has 2 aliphatic heterocycles. The van der Waals surface area contributed by atoms with Crippen molar-refractivity contribution in [1.29, 1.82) is 0 Å². The zero-order valence-corrected chi connectivity index (χ0v) is 18.9. The molecule has 2 aromatic rings. The molecule has 0 bridgehead atoms. The SMILES string of the molecule is O=C(CCc1nc(CN2CCN(S(=O)(=O)c3ccc(Cl)s3)CC2)no1)N1CCCC1. The molecule has 0 N–H and O–H groups in total. The number of carbonyl (C=O) groups is 1. The third kappa shape index (κ3) is 5.02. The van der Waals surface area contributed by atoms with E-state index in [0.29, 0.717) is 61.6 Å². The second kappa shape index (κ2) is 9.31. The van der Waals surface area contributed by atoms with Gasteiger partial charge in [-0.25, -0.2) is 8.42 Å². The van der Waals surface area contributed by atoms with Crippen molar-refractivity contribution in [3.8, 4) is 0 Å². The number of rotatable bonds is 7. The third-order valence-electron chi connectivity index (χ3n) is 5.36. The van der Waals surface area contributed by atoms with Crippen LogP contribution in [0.2, 0.25) is 4.34 Å². The number of halogens is 1. The second-order valence-electron chi connectivity index (χ2n) is 7.43. The average Bonchev–Trinajstić information content (AvgIpc) is 3.49. The molecule has 9 nitrogen and oxygen atoms in total. The highest BCUT2D eigenvalue weighted by molar-refractivity contribution is 7.91. The summed E-state index contributed by atoms with van der Waals surface area (Å²) < 4.78 is 32.9. The van der Waals surface area contributed by atoms with E-state index in [-0.39, 0.29) is 10.1 Å². The molecule has 2 saturated heterocycles. The number of aromatic nitrogens is 2. The Hall–Kier alpha value is -1.53. The van der Waals surface area contributed by atoms with E-state index in [0.717, 1.165) is 37.3 Å². The van der Waals surface area contributed by atoms with Crippen LogP contribution in [0.15, 0.2) is 20.9 Å². The van der Waals surface area contributed by atoms with Crippen molar-refractivity contribution in [2.75, 3.05) is 39.3 Å². The number of carbonyl (C=O) groups excluding carboxylic acids is 1. The maximum absolute atomic E-state index is 12.7. The highest BCUT2D eigenvalue weighted by Crippen LogP contribution is 2.28. The van der Waals surface area contributed by atoms with Crippen molar-refractivity contribution in [3.05, 3.63) is 28.2 Å². The van der Waals surface area contributed by atoms with E-state index in [9.17, 15) is 13.2 Å². The summed E-state index contributed by atoms with van der Waals surface area (Å²) in [7, 11) is -3.50. The number of aryl methyl sites for hydroxylation is 1. The largest absolute Gasteiger partial charge is 0.343 e. The topological polar surface area (TPSA) is 99.9 Å². The van der Waals surface area contributed by atoms with Crippen LogP contribution in [0.1, 0.15) is 31.0 Å². The van der Waals surface area contributed by atoms with Crippen molar-refractivity contribution in [2.24, 2.45) is 0 Å². The van der Waals surface area contributed by atoms with Gasteiger partial charge < -0.3 is 9.42 Å². The normalized spacial score (nSPS) is 18.9. The minimum Gasteiger partial charge on any atom is -0.343 e. The Morgan fingerprint density at radius 2 is 1.87 bits per heavy atom. The van der Waals surface area contributed by atoms with Crippen LogP contribution in [-0.4, -0.2) is 77.8 Å². The van der Waals surface area contributed by atoms with E-state index < -0.39 is 10.0 Å². The zero-order chi connectivity index (χ0) is 21.1. The van der Waals surface area contributed by atoms with E-state index >= 15 is 0 Å². The van der Waals surface area contributed by atoms with Crippen LogP contribution >= 0.6 is 22.9 Å². The van der Waals surface area contributed by atoms with Crippen molar-refractivity contribution in [3.63, 3.8) is 0 Å². The van der Waals surface area contributed by atoms with Crippen molar-refractivity contribution in [2.45, 2.75) is 36.4 Å². The first-order chi connectivity index (χ1) is 14.4. The van der Waals surface area contributed by atoms with E-state index in [1.54, 1.807) is 12.1 Å². The minimum atomic E-state index is -3.50. The van der Waals surface area contributed by atoms with E-state index in [2.05, 4.69) is 15.0 Å². The maximum atomic E-state index is 12.7. The second-order valence-corrected chi connectivity index (χ2v) is 11.3. The molecular formula is C18H24ClN5O4S2. The smallest absolute Gasteiger partial charge is 0.252 e. The van der Waals surface area contributed by atoms with Crippen LogP contribution in [0.3, 0.4) is 0 Å². The van der Waals surface area contributed by atoms with Gasteiger partial charge >= 0.3 is 0 Å². The Labute approximate surface area is 184 Å². The van der Waals surface area contributed by atoms with E-state index in [1.807, 2.05) is 4.90 Å². The van der Waals surface area contributed by atoms with Crippen molar-refractivity contribution >= 4 is 38.9 Å². The standard InChI is InChI=1S/C18H24ClN5O4S2/c19-14-3-6-18(29-14)30(26,27)24-11-9-22(10-12-24)13-15-20-16(28-21-15)4-5-17(25)23-7-1-2-8-23/h3,6H,1-2,4-5,7-13H2. The van der Waals surface area contributed by atoms with Gasteiger partial charge in [0, 0.05) is 52.1 Å². The highest BCUT2D eigenvalue weighted by atomic mass is 35.5. The molecule has 0 atom stereocenters. The fourth-order valence-electron chi connectivity index (χ4n) is 3.69. The Kier molecular flexibility index (Phi) is 6.73. The van der Waals surface area contributed by atoms with Crippen molar-refractivity contribution in [1.82, 2.24) is 24.2 Å². The number of sulfonamides is 1. The lowest BCUT2D eigenvalue weighted by molar-refractivity contribution is -0.130. The molecule has 30 heavy (non-hydrogen) atoms. The predicted molar refractivity (Wildman–Crippen MR) is 112 cm³/mol. The van der Waals surface area contributed by atoms with Gasteiger partial charge in [-0.2, -0.15) is 9.29 Å². The summed E-state index contributed by atoms with van der Waals surface area (Å²) in [6.45, 7) is 4.12. The molecule has 1 amide bonds. The summed E-state index contributed by atoms with van der Waals surface area (Å²) in [4.78, 5) is 20.5. The first kappa shape index (κ1) is 21.7. The van der Waals surface area contributed by atoms with Crippen LogP contribution in [0, 0.1) is 0 Å². The number of piperazine rings is 1. The highest BCUT2D eigenvalue weighted by Gasteiger charge is 2.30. The Bertz CT molecular complexity index is 978. The Morgan fingerprint density at radius 1 is 1.13 bits per heavy atom. The fourth-order valence-corrected chi connectivity index (χ4v) is 6.75. The van der Waals surface area contributed by atoms with Gasteiger partial charge in [-0.3, -0.25) is 9.69 Å². The predicted octanol–water partition coefficient (Wildman–Crippen LogP) is 1.85. The number of nitrogens with zero attached hydrogens (tertiary/aromatic N) is 5. The zero-order valence-electron chi connectivity index (χ0n) is 16.5. The summed E-state index contributed by atoms with van der Waals surface area (Å²) in [6.07, 6.45) is 2.97. The van der Waals surface area contributed by atoms with Gasteiger partial charge in [0.15, 0.2) is 5.82 Å². The average molecular weight is 474 g/mol. The van der Waals surface area contributed by atoms with Gasteiger partial charge in [-0.1, -0.05) is 16.8 Å². The first-order valence-electron chi connectivity index (χ1n) is 9.99. The maximum Gasteiger partial charge on any atom is 0.252 e. The Balaban J connectivity index is 1.25. The molecule has 0 unspecified atom stereocenters. The van der Waals surface area contributed by atoms with Crippen LogP contribution in [0.5, 0.6) is 0 Å². The van der Waals surface area contributed by atoms with E-state index in [4.69, 9.17) is 16.1 Å². The van der Waals surface area contributed by atoms with Gasteiger partial charge in [-0.15, -0.1) is 11.3 Å². The molecule has 4 rings (SSSR count). The Morgan fingerprint density at radius 3 is 2.53 bits per heavy atom. The number of hydrogen-bond donors (Lipinski definition) is 0. The summed E-state index contributed by atoms with van der Waals surface area (Å²) in [6, 6.07) is 3.14. The molecule has 0 aromatic carbocycles. The van der Waals surface area contributed by atoms with Crippen LogP contribution in [0.25, 0.3) is 0 Å². The van der Waals surface area contributed by atoms with Gasteiger partial charge in [0.05, 0.1) is 10.9 Å². The fraction of sp³-hybridized carbons (Fsp3) is 0.611. The molecule has 2 aromatic heterocycles. The summed E-state index contributed by atoms with van der Waals surface area (Å²) in [5, 5.41) is 4.01. The number of hydrogen-bond acceptors (Lipinski definition) is 8. The van der Waals surface area contributed by atoms with E-state index in [1.165, 1.54) is 4.31 Å². The number of amides is 1. The quantitative estimate of drug-likeness (QED) is 0.604. The number of likely N-dealkylation sites (tertiary alicyclic amines) is 1. The lowest BCUT2D eigenvalue weighted by Gasteiger charge is -2.32. The van der Waals surface area contributed by atoms with Crippen LogP contribution < -0.4 is 0 Å². The molecule has 0 spiro atoms. The molecule has 12 heteroatoms. The monoisotopic (exact) mass is 473 g/mol.